The summed E-state index contributed by atoms with van der Waals surface area (Å²) in [4.78, 5) is 26.6. The molecule has 0 bridgehead atoms. The van der Waals surface area contributed by atoms with Crippen LogP contribution in [0.2, 0.25) is 5.02 Å². The number of nitrogens with one attached hydrogen (secondary N) is 1. The molecule has 0 unspecified atom stereocenters. The van der Waals surface area contributed by atoms with Crippen LogP contribution >= 0.6 is 11.6 Å². The zero-order chi connectivity index (χ0) is 19.9. The quantitative estimate of drug-likeness (QED) is 0.804. The lowest BCUT2D eigenvalue weighted by molar-refractivity contribution is -0.134. The van der Waals surface area contributed by atoms with Crippen molar-refractivity contribution in [2.24, 2.45) is 0 Å². The molecule has 2 aromatic carbocycles. The largest absolute Gasteiger partial charge is 0.483 e. The van der Waals surface area contributed by atoms with Gasteiger partial charge in [0.25, 0.3) is 11.8 Å². The van der Waals surface area contributed by atoms with Gasteiger partial charge in [-0.05, 0) is 43.0 Å². The Morgan fingerprint density at radius 1 is 1.11 bits per heavy atom. The highest BCUT2D eigenvalue weighted by Crippen LogP contribution is 2.19. The second-order valence-corrected chi connectivity index (χ2v) is 7.27. The van der Waals surface area contributed by atoms with Crippen LogP contribution in [0.3, 0.4) is 0 Å². The molecular formula is C22H25ClN2O3. The molecule has 148 valence electrons. The fourth-order valence-corrected chi connectivity index (χ4v) is 3.57. The maximum Gasteiger partial charge on any atom is 0.260 e. The van der Waals surface area contributed by atoms with E-state index in [4.69, 9.17) is 16.3 Å². The summed E-state index contributed by atoms with van der Waals surface area (Å²) in [6.45, 7) is 3.30. The van der Waals surface area contributed by atoms with Gasteiger partial charge in [-0.2, -0.15) is 0 Å². The lowest BCUT2D eigenvalue weighted by Gasteiger charge is -2.32. The molecular weight excluding hydrogens is 376 g/mol. The van der Waals surface area contributed by atoms with Crippen LogP contribution in [0.5, 0.6) is 5.75 Å². The highest BCUT2D eigenvalue weighted by molar-refractivity contribution is 6.33. The van der Waals surface area contributed by atoms with Gasteiger partial charge in [-0.3, -0.25) is 9.59 Å². The van der Waals surface area contributed by atoms with E-state index in [1.54, 1.807) is 29.2 Å². The maximum atomic E-state index is 12.5. The minimum atomic E-state index is -0.171. The first kappa shape index (κ1) is 20.2. The molecule has 5 nitrogen and oxygen atoms in total. The zero-order valence-electron chi connectivity index (χ0n) is 16.0. The molecule has 3 rings (SSSR count). The highest BCUT2D eigenvalue weighted by Gasteiger charge is 2.25. The second kappa shape index (κ2) is 9.60. The van der Waals surface area contributed by atoms with Gasteiger partial charge in [0.15, 0.2) is 6.61 Å². The number of carbonyl (C=O) groups excluding carboxylic acids is 2. The molecule has 1 heterocycles. The minimum Gasteiger partial charge on any atom is -0.483 e. The third-order valence-electron chi connectivity index (χ3n) is 5.01. The van der Waals surface area contributed by atoms with E-state index in [0.717, 1.165) is 17.7 Å². The van der Waals surface area contributed by atoms with Gasteiger partial charge < -0.3 is 15.0 Å². The number of carbonyl (C=O) groups is 2. The van der Waals surface area contributed by atoms with E-state index in [9.17, 15) is 9.59 Å². The summed E-state index contributed by atoms with van der Waals surface area (Å²) >= 11 is 6.08. The molecule has 28 heavy (non-hydrogen) atoms. The van der Waals surface area contributed by atoms with E-state index in [2.05, 4.69) is 12.2 Å². The topological polar surface area (TPSA) is 58.6 Å². The van der Waals surface area contributed by atoms with E-state index in [1.165, 1.54) is 0 Å². The summed E-state index contributed by atoms with van der Waals surface area (Å²) in [5.74, 6) is 0.567. The monoisotopic (exact) mass is 400 g/mol. The standard InChI is InChI=1S/C22H25ClN2O3/c1-2-16-7-3-6-10-20(16)28-15-21(26)25-13-11-17(12-14-25)24-22(27)18-8-4-5-9-19(18)23/h3-10,17H,2,11-15H2,1H3,(H,24,27). The molecule has 2 aromatic rings. The van der Waals surface area contributed by atoms with Crippen LogP contribution in [0.1, 0.15) is 35.7 Å². The number of nitrogens with zero attached hydrogens (tertiary/aromatic N) is 1. The first-order valence-electron chi connectivity index (χ1n) is 9.62. The van der Waals surface area contributed by atoms with Gasteiger partial charge >= 0.3 is 0 Å². The van der Waals surface area contributed by atoms with E-state index >= 15 is 0 Å². The Labute approximate surface area is 170 Å². The van der Waals surface area contributed by atoms with Crippen molar-refractivity contribution in [3.63, 3.8) is 0 Å². The summed E-state index contributed by atoms with van der Waals surface area (Å²) in [6.07, 6.45) is 2.29. The second-order valence-electron chi connectivity index (χ2n) is 6.86. The van der Waals surface area contributed by atoms with Gasteiger partial charge in [-0.1, -0.05) is 48.9 Å². The number of para-hydroxylation sites is 1. The van der Waals surface area contributed by atoms with Crippen molar-refractivity contribution in [3.05, 3.63) is 64.7 Å². The average Bonchev–Trinajstić information content (AvgIpc) is 2.73. The number of aryl methyl sites for hydroxylation is 1. The molecule has 1 aliphatic rings. The number of piperidine rings is 1. The van der Waals surface area contributed by atoms with Crippen molar-refractivity contribution in [1.82, 2.24) is 10.2 Å². The van der Waals surface area contributed by atoms with Crippen LogP contribution in [-0.2, 0) is 11.2 Å². The van der Waals surface area contributed by atoms with Gasteiger partial charge in [0.1, 0.15) is 5.75 Å². The number of likely N-dealkylation sites (tertiary alicyclic amines) is 1. The van der Waals surface area contributed by atoms with Crippen molar-refractivity contribution in [2.45, 2.75) is 32.2 Å². The number of ether oxygens (including phenoxy) is 1. The number of rotatable bonds is 6. The normalized spacial score (nSPS) is 14.6. The van der Waals surface area contributed by atoms with Gasteiger partial charge in [-0.25, -0.2) is 0 Å². The van der Waals surface area contributed by atoms with E-state index in [0.29, 0.717) is 36.5 Å². The van der Waals surface area contributed by atoms with Crippen LogP contribution in [0.15, 0.2) is 48.5 Å². The SMILES string of the molecule is CCc1ccccc1OCC(=O)N1CCC(NC(=O)c2ccccc2Cl)CC1. The van der Waals surface area contributed by atoms with Gasteiger partial charge in [0.2, 0.25) is 0 Å². The molecule has 0 spiro atoms. The molecule has 1 saturated heterocycles. The first-order chi connectivity index (χ1) is 13.6. The van der Waals surface area contributed by atoms with Gasteiger partial charge in [-0.15, -0.1) is 0 Å². The van der Waals surface area contributed by atoms with Crippen LogP contribution in [0, 0.1) is 0 Å². The van der Waals surface area contributed by atoms with E-state index in [-0.39, 0.29) is 24.5 Å². The molecule has 1 N–H and O–H groups in total. The molecule has 6 heteroatoms. The van der Waals surface area contributed by atoms with Gasteiger partial charge in [0, 0.05) is 19.1 Å². The van der Waals surface area contributed by atoms with Crippen molar-refractivity contribution in [3.8, 4) is 5.75 Å². The number of halogens is 1. The smallest absolute Gasteiger partial charge is 0.260 e. The predicted octanol–water partition coefficient (Wildman–Crippen LogP) is 3.70. The average molecular weight is 401 g/mol. The number of amides is 2. The summed E-state index contributed by atoms with van der Waals surface area (Å²) in [7, 11) is 0. The minimum absolute atomic E-state index is 0.0261. The van der Waals surface area contributed by atoms with Crippen LogP contribution in [0.25, 0.3) is 0 Å². The van der Waals surface area contributed by atoms with E-state index < -0.39 is 0 Å². The lowest BCUT2D eigenvalue weighted by Crippen LogP contribution is -2.47. The molecule has 0 radical (unpaired) electrons. The molecule has 1 aliphatic heterocycles. The first-order valence-corrected chi connectivity index (χ1v) is 10.00. The Balaban J connectivity index is 1.46. The fourth-order valence-electron chi connectivity index (χ4n) is 3.35. The summed E-state index contributed by atoms with van der Waals surface area (Å²) in [5.41, 5.74) is 1.57. The molecule has 0 atom stereocenters. The zero-order valence-corrected chi connectivity index (χ0v) is 16.7. The third-order valence-corrected chi connectivity index (χ3v) is 5.34. The highest BCUT2D eigenvalue weighted by atomic mass is 35.5. The maximum absolute atomic E-state index is 12.5. The predicted molar refractivity (Wildman–Crippen MR) is 110 cm³/mol. The van der Waals surface area contributed by atoms with Crippen LogP contribution < -0.4 is 10.1 Å². The molecule has 1 fully saturated rings. The Hall–Kier alpha value is -2.53. The number of hydrogen-bond donors (Lipinski definition) is 1. The Bertz CT molecular complexity index is 832. The van der Waals surface area contributed by atoms with Crippen molar-refractivity contribution >= 4 is 23.4 Å². The number of hydrogen-bond acceptors (Lipinski definition) is 3. The third kappa shape index (κ3) is 5.04. The summed E-state index contributed by atoms with van der Waals surface area (Å²) in [6, 6.07) is 14.8. The Morgan fingerprint density at radius 2 is 1.79 bits per heavy atom. The molecule has 0 aliphatic carbocycles. The van der Waals surface area contributed by atoms with E-state index in [1.807, 2.05) is 24.3 Å². The lowest BCUT2D eigenvalue weighted by atomic mass is 10.0. The van der Waals surface area contributed by atoms with Crippen LogP contribution in [-0.4, -0.2) is 42.5 Å². The fraction of sp³-hybridized carbons (Fsp3) is 0.364. The summed E-state index contributed by atoms with van der Waals surface area (Å²) in [5, 5.41) is 3.46. The summed E-state index contributed by atoms with van der Waals surface area (Å²) < 4.78 is 5.73. The molecule has 2 amide bonds. The molecule has 0 saturated carbocycles. The Morgan fingerprint density at radius 3 is 2.50 bits per heavy atom. The van der Waals surface area contributed by atoms with Crippen molar-refractivity contribution < 1.29 is 14.3 Å². The van der Waals surface area contributed by atoms with Crippen LogP contribution in [0.4, 0.5) is 0 Å². The molecule has 0 aromatic heterocycles. The Kier molecular flexibility index (Phi) is 6.93. The van der Waals surface area contributed by atoms with Crippen molar-refractivity contribution in [2.75, 3.05) is 19.7 Å². The number of benzene rings is 2. The van der Waals surface area contributed by atoms with Crippen molar-refractivity contribution in [1.29, 1.82) is 0 Å². The van der Waals surface area contributed by atoms with Gasteiger partial charge in [0.05, 0.1) is 10.6 Å².